The zero-order chi connectivity index (χ0) is 18.2. The van der Waals surface area contributed by atoms with Gasteiger partial charge in [0, 0.05) is 36.5 Å². The van der Waals surface area contributed by atoms with E-state index in [4.69, 9.17) is 0 Å². The van der Waals surface area contributed by atoms with Gasteiger partial charge in [0.2, 0.25) is 0 Å². The minimum Gasteiger partial charge on any atom is -0.396 e. The number of imidazole rings is 1. The second-order valence-corrected chi connectivity index (χ2v) is 6.69. The molecule has 1 saturated heterocycles. The van der Waals surface area contributed by atoms with Gasteiger partial charge < -0.3 is 14.4 Å². The van der Waals surface area contributed by atoms with Crippen molar-refractivity contribution in [2.45, 2.75) is 32.4 Å². The normalized spacial score (nSPS) is 21.2. The largest absolute Gasteiger partial charge is 0.434 e. The van der Waals surface area contributed by atoms with Crippen LogP contribution in [0.4, 0.5) is 13.2 Å². The lowest BCUT2D eigenvalue weighted by Gasteiger charge is -2.26. The Kier molecular flexibility index (Phi) is 4.49. The van der Waals surface area contributed by atoms with Gasteiger partial charge in [0.1, 0.15) is 5.65 Å². The van der Waals surface area contributed by atoms with Crippen molar-refractivity contribution in [1.29, 1.82) is 0 Å². The Morgan fingerprint density at radius 2 is 2.20 bits per heavy atom. The number of fused-ring (bicyclic) bond motifs is 1. The Bertz CT molecular complexity index is 787. The fourth-order valence-corrected chi connectivity index (χ4v) is 3.49. The number of aliphatic hydroxyl groups is 1. The number of pyridine rings is 1. The average molecular weight is 355 g/mol. The molecule has 0 bridgehead atoms. The molecule has 1 amide bonds. The van der Waals surface area contributed by atoms with Gasteiger partial charge in [0.15, 0.2) is 5.69 Å². The molecular formula is C17H20F3N3O2. The van der Waals surface area contributed by atoms with E-state index in [1.54, 1.807) is 4.90 Å². The van der Waals surface area contributed by atoms with Crippen LogP contribution in [0, 0.1) is 5.41 Å². The molecule has 1 N–H and O–H groups in total. The number of halogens is 3. The van der Waals surface area contributed by atoms with E-state index in [2.05, 4.69) is 4.98 Å². The van der Waals surface area contributed by atoms with Crippen LogP contribution in [0.1, 0.15) is 42.2 Å². The van der Waals surface area contributed by atoms with Crippen LogP contribution in [0.15, 0.2) is 24.5 Å². The van der Waals surface area contributed by atoms with Crippen LogP contribution in [0.2, 0.25) is 0 Å². The molecule has 0 radical (unpaired) electrons. The molecule has 8 heteroatoms. The number of carbonyl (C=O) groups is 1. The highest BCUT2D eigenvalue weighted by Gasteiger charge is 2.39. The van der Waals surface area contributed by atoms with Gasteiger partial charge in [-0.1, -0.05) is 13.3 Å². The SMILES string of the molecule is CCCC1(CO)CCN(C(=O)c2ccn3cc(C(F)(F)F)nc3c2)C1. The number of carbonyl (C=O) groups excluding carboxylic acids is 1. The van der Waals surface area contributed by atoms with E-state index in [9.17, 15) is 23.1 Å². The standard InChI is InChI=1S/C17H20F3N3O2/c1-2-4-16(11-24)5-7-23(10-16)15(25)12-3-6-22-9-13(17(18,19)20)21-14(22)8-12/h3,6,8-9,24H,2,4-5,7,10-11H2,1H3. The monoisotopic (exact) mass is 355 g/mol. The summed E-state index contributed by atoms with van der Waals surface area (Å²) in [6.07, 6.45) is 0.271. The Morgan fingerprint density at radius 1 is 1.44 bits per heavy atom. The highest BCUT2D eigenvalue weighted by Crippen LogP contribution is 2.35. The van der Waals surface area contributed by atoms with E-state index in [-0.39, 0.29) is 23.6 Å². The van der Waals surface area contributed by atoms with Crippen molar-refractivity contribution in [2.24, 2.45) is 5.41 Å². The maximum absolute atomic E-state index is 12.8. The fourth-order valence-electron chi connectivity index (χ4n) is 3.49. The smallest absolute Gasteiger partial charge is 0.396 e. The molecule has 0 saturated carbocycles. The summed E-state index contributed by atoms with van der Waals surface area (Å²) in [7, 11) is 0. The minimum atomic E-state index is -4.52. The molecule has 1 atom stereocenters. The van der Waals surface area contributed by atoms with Crippen molar-refractivity contribution in [2.75, 3.05) is 19.7 Å². The third kappa shape index (κ3) is 3.35. The summed E-state index contributed by atoms with van der Waals surface area (Å²) in [5.74, 6) is -0.245. The predicted molar refractivity (Wildman–Crippen MR) is 85.1 cm³/mol. The van der Waals surface area contributed by atoms with Crippen molar-refractivity contribution in [1.82, 2.24) is 14.3 Å². The van der Waals surface area contributed by atoms with Crippen molar-refractivity contribution in [3.05, 3.63) is 35.8 Å². The topological polar surface area (TPSA) is 57.8 Å². The molecule has 2 aromatic heterocycles. The van der Waals surface area contributed by atoms with Crippen molar-refractivity contribution >= 4 is 11.6 Å². The first kappa shape index (κ1) is 17.7. The maximum atomic E-state index is 12.8. The third-order valence-electron chi connectivity index (χ3n) is 4.84. The molecule has 3 rings (SSSR count). The predicted octanol–water partition coefficient (Wildman–Crippen LogP) is 2.98. The molecule has 5 nitrogen and oxygen atoms in total. The van der Waals surface area contributed by atoms with Gasteiger partial charge in [0.25, 0.3) is 5.91 Å². The van der Waals surface area contributed by atoms with Crippen molar-refractivity contribution in [3.63, 3.8) is 0 Å². The number of likely N-dealkylation sites (tertiary alicyclic amines) is 1. The molecule has 136 valence electrons. The first-order valence-corrected chi connectivity index (χ1v) is 8.24. The van der Waals surface area contributed by atoms with E-state index < -0.39 is 11.9 Å². The Labute approximate surface area is 143 Å². The second-order valence-electron chi connectivity index (χ2n) is 6.69. The van der Waals surface area contributed by atoms with Gasteiger partial charge in [-0.15, -0.1) is 0 Å². The summed E-state index contributed by atoms with van der Waals surface area (Å²) < 4.78 is 39.5. The highest BCUT2D eigenvalue weighted by molar-refractivity contribution is 5.95. The molecule has 25 heavy (non-hydrogen) atoms. The zero-order valence-electron chi connectivity index (χ0n) is 13.9. The summed E-state index contributed by atoms with van der Waals surface area (Å²) in [6.45, 7) is 3.06. The average Bonchev–Trinajstić information content (AvgIpc) is 3.18. The number of hydrogen-bond acceptors (Lipinski definition) is 3. The summed E-state index contributed by atoms with van der Waals surface area (Å²) in [6, 6.07) is 2.87. The van der Waals surface area contributed by atoms with Crippen molar-refractivity contribution in [3.8, 4) is 0 Å². The number of alkyl halides is 3. The summed E-state index contributed by atoms with van der Waals surface area (Å²) in [5, 5.41) is 9.68. The van der Waals surface area contributed by atoms with Gasteiger partial charge in [-0.2, -0.15) is 13.2 Å². The maximum Gasteiger partial charge on any atom is 0.434 e. The Balaban J connectivity index is 1.83. The number of nitrogens with zero attached hydrogens (tertiary/aromatic N) is 3. The molecular weight excluding hydrogens is 335 g/mol. The number of rotatable bonds is 4. The lowest BCUT2D eigenvalue weighted by atomic mass is 9.83. The van der Waals surface area contributed by atoms with Crippen LogP contribution in [0.3, 0.4) is 0 Å². The number of hydrogen-bond donors (Lipinski definition) is 1. The lowest BCUT2D eigenvalue weighted by molar-refractivity contribution is -0.140. The van der Waals surface area contributed by atoms with Gasteiger partial charge in [-0.25, -0.2) is 4.98 Å². The fraction of sp³-hybridized carbons (Fsp3) is 0.529. The van der Waals surface area contributed by atoms with E-state index in [1.807, 2.05) is 6.92 Å². The quantitative estimate of drug-likeness (QED) is 0.917. The number of aliphatic hydroxyl groups excluding tert-OH is 1. The molecule has 3 heterocycles. The third-order valence-corrected chi connectivity index (χ3v) is 4.84. The molecule has 1 aliphatic heterocycles. The Morgan fingerprint density at radius 3 is 2.84 bits per heavy atom. The first-order chi connectivity index (χ1) is 11.8. The summed E-state index contributed by atoms with van der Waals surface area (Å²) in [4.78, 5) is 17.9. The highest BCUT2D eigenvalue weighted by atomic mass is 19.4. The van der Waals surface area contributed by atoms with Gasteiger partial charge >= 0.3 is 6.18 Å². The van der Waals surface area contributed by atoms with Gasteiger partial charge in [-0.3, -0.25) is 4.79 Å². The van der Waals surface area contributed by atoms with E-state index in [0.29, 0.717) is 18.7 Å². The number of aromatic nitrogens is 2. The second kappa shape index (κ2) is 6.33. The molecule has 1 fully saturated rings. The zero-order valence-corrected chi connectivity index (χ0v) is 13.9. The number of amides is 1. The molecule has 0 aromatic carbocycles. The van der Waals surface area contributed by atoms with Crippen LogP contribution < -0.4 is 0 Å². The first-order valence-electron chi connectivity index (χ1n) is 8.24. The van der Waals surface area contributed by atoms with Crippen LogP contribution in [-0.2, 0) is 6.18 Å². The van der Waals surface area contributed by atoms with E-state index >= 15 is 0 Å². The summed E-state index contributed by atoms with van der Waals surface area (Å²) >= 11 is 0. The molecule has 1 aliphatic rings. The molecule has 0 spiro atoms. The lowest BCUT2D eigenvalue weighted by Crippen LogP contribution is -2.34. The van der Waals surface area contributed by atoms with Gasteiger partial charge in [0.05, 0.1) is 6.61 Å². The van der Waals surface area contributed by atoms with Crippen LogP contribution >= 0.6 is 0 Å². The Hall–Kier alpha value is -2.09. The van der Waals surface area contributed by atoms with Crippen LogP contribution in [-0.4, -0.2) is 45.0 Å². The van der Waals surface area contributed by atoms with Crippen molar-refractivity contribution < 1.29 is 23.1 Å². The minimum absolute atomic E-state index is 0.0266. The molecule has 0 aliphatic carbocycles. The van der Waals surface area contributed by atoms with Crippen LogP contribution in [0.5, 0.6) is 0 Å². The van der Waals surface area contributed by atoms with E-state index in [1.165, 1.54) is 22.7 Å². The van der Waals surface area contributed by atoms with Gasteiger partial charge in [-0.05, 0) is 25.0 Å². The van der Waals surface area contributed by atoms with Crippen LogP contribution in [0.25, 0.3) is 5.65 Å². The molecule has 2 aromatic rings. The molecule has 1 unspecified atom stereocenters. The summed E-state index contributed by atoms with van der Waals surface area (Å²) in [5.41, 5.74) is -0.873. The van der Waals surface area contributed by atoms with E-state index in [0.717, 1.165) is 25.5 Å².